The second-order valence-electron chi connectivity index (χ2n) is 5.79. The molecule has 5 nitrogen and oxygen atoms in total. The number of hydrogen-bond donors (Lipinski definition) is 2. The maximum absolute atomic E-state index is 11.9. The van der Waals surface area contributed by atoms with Crippen molar-refractivity contribution < 1.29 is 4.79 Å². The van der Waals surface area contributed by atoms with E-state index in [9.17, 15) is 4.79 Å². The normalized spacial score (nSPS) is 13.6. The number of carbonyl (C=O) groups is 1. The van der Waals surface area contributed by atoms with Gasteiger partial charge in [0.1, 0.15) is 5.65 Å². The molecule has 0 saturated carbocycles. The summed E-state index contributed by atoms with van der Waals surface area (Å²) in [4.78, 5) is 16.5. The molecule has 2 aromatic heterocycles. The number of rotatable bonds is 6. The SMILES string of the molecule is Cc1ccc2nc(CSCC(=O)NCC3=CCNCC3)cn2c1.Cl.Cl. The molecular weight excluding hydrogens is 379 g/mol. The standard InChI is InChI=1S/C17H22N4OS.2ClH/c1-13-2-3-16-20-15(10-21(16)9-13)11-23-12-17(22)19-8-14-4-6-18-7-5-14;;/h2-4,9-10,18H,5-8,11-12H2,1H3,(H,19,22);2*1H. The minimum atomic E-state index is 0. The van der Waals surface area contributed by atoms with Gasteiger partial charge in [0.25, 0.3) is 0 Å². The second kappa shape index (κ2) is 10.7. The highest BCUT2D eigenvalue weighted by atomic mass is 35.5. The Bertz CT molecular complexity index is 733. The third-order valence-electron chi connectivity index (χ3n) is 3.80. The van der Waals surface area contributed by atoms with E-state index < -0.39 is 0 Å². The number of aromatic nitrogens is 2. The zero-order chi connectivity index (χ0) is 16.1. The lowest BCUT2D eigenvalue weighted by atomic mass is 10.1. The van der Waals surface area contributed by atoms with Gasteiger partial charge in [-0.25, -0.2) is 4.98 Å². The van der Waals surface area contributed by atoms with E-state index in [0.717, 1.165) is 36.6 Å². The van der Waals surface area contributed by atoms with Crippen molar-refractivity contribution in [2.75, 3.05) is 25.4 Å². The van der Waals surface area contributed by atoms with Crippen LogP contribution in [-0.4, -0.2) is 40.7 Å². The van der Waals surface area contributed by atoms with Gasteiger partial charge in [-0.2, -0.15) is 0 Å². The van der Waals surface area contributed by atoms with Gasteiger partial charge >= 0.3 is 0 Å². The number of thioether (sulfide) groups is 1. The minimum Gasteiger partial charge on any atom is -0.352 e. The number of imidazole rings is 1. The van der Waals surface area contributed by atoms with Crippen LogP contribution in [0.1, 0.15) is 17.7 Å². The Labute approximate surface area is 164 Å². The summed E-state index contributed by atoms with van der Waals surface area (Å²) in [5.41, 5.74) is 4.49. The smallest absolute Gasteiger partial charge is 0.230 e. The van der Waals surface area contributed by atoms with Crippen molar-refractivity contribution in [3.8, 4) is 0 Å². The Morgan fingerprint density at radius 1 is 1.36 bits per heavy atom. The van der Waals surface area contributed by atoms with Gasteiger partial charge in [-0.1, -0.05) is 17.7 Å². The van der Waals surface area contributed by atoms with E-state index in [-0.39, 0.29) is 30.7 Å². The Morgan fingerprint density at radius 2 is 2.20 bits per heavy atom. The van der Waals surface area contributed by atoms with Crippen LogP contribution in [0, 0.1) is 6.92 Å². The quantitative estimate of drug-likeness (QED) is 0.729. The lowest BCUT2D eigenvalue weighted by Crippen LogP contribution is -2.30. The largest absolute Gasteiger partial charge is 0.352 e. The summed E-state index contributed by atoms with van der Waals surface area (Å²) in [6.07, 6.45) is 7.28. The fraction of sp³-hybridized carbons (Fsp3) is 0.412. The number of nitrogens with one attached hydrogen (secondary N) is 2. The van der Waals surface area contributed by atoms with Crippen molar-refractivity contribution in [3.05, 3.63) is 47.4 Å². The minimum absolute atomic E-state index is 0. The van der Waals surface area contributed by atoms with E-state index in [1.807, 2.05) is 16.7 Å². The lowest BCUT2D eigenvalue weighted by Gasteiger charge is -2.14. The first-order chi connectivity index (χ1) is 11.2. The molecular formula is C17H24Cl2N4OS. The van der Waals surface area contributed by atoms with E-state index in [1.165, 1.54) is 11.1 Å². The van der Waals surface area contributed by atoms with Crippen LogP contribution < -0.4 is 10.6 Å². The summed E-state index contributed by atoms with van der Waals surface area (Å²) in [6, 6.07) is 4.07. The molecule has 25 heavy (non-hydrogen) atoms. The van der Waals surface area contributed by atoms with Crippen LogP contribution in [0.2, 0.25) is 0 Å². The Hall–Kier alpha value is -1.21. The number of aryl methyl sites for hydroxylation is 1. The number of carbonyl (C=O) groups excluding carboxylic acids is 1. The van der Waals surface area contributed by atoms with Gasteiger partial charge in [0.05, 0.1) is 11.4 Å². The molecule has 0 fully saturated rings. The summed E-state index contributed by atoms with van der Waals surface area (Å²) in [5, 5.41) is 6.26. The van der Waals surface area contributed by atoms with Gasteiger partial charge < -0.3 is 15.0 Å². The number of hydrogen-bond acceptors (Lipinski definition) is 4. The van der Waals surface area contributed by atoms with Crippen molar-refractivity contribution in [1.29, 1.82) is 0 Å². The Balaban J connectivity index is 0.00000156. The summed E-state index contributed by atoms with van der Waals surface area (Å²) in [6.45, 7) is 4.65. The molecule has 1 aliphatic rings. The number of nitrogens with zero attached hydrogens (tertiary/aromatic N) is 2. The molecule has 0 saturated heterocycles. The van der Waals surface area contributed by atoms with Gasteiger partial charge in [0.2, 0.25) is 5.91 Å². The van der Waals surface area contributed by atoms with E-state index in [1.54, 1.807) is 11.8 Å². The van der Waals surface area contributed by atoms with Gasteiger partial charge in [-0.3, -0.25) is 4.79 Å². The number of amides is 1. The molecule has 1 amide bonds. The molecule has 1 aliphatic heterocycles. The molecule has 2 N–H and O–H groups in total. The predicted molar refractivity (Wildman–Crippen MR) is 109 cm³/mol. The van der Waals surface area contributed by atoms with Crippen LogP contribution >= 0.6 is 36.6 Å². The molecule has 0 aromatic carbocycles. The fourth-order valence-electron chi connectivity index (χ4n) is 2.57. The van der Waals surface area contributed by atoms with Gasteiger partial charge in [-0.15, -0.1) is 36.6 Å². The van der Waals surface area contributed by atoms with E-state index in [2.05, 4.69) is 40.9 Å². The summed E-state index contributed by atoms with van der Waals surface area (Å²) in [5.74, 6) is 1.31. The topological polar surface area (TPSA) is 58.4 Å². The van der Waals surface area contributed by atoms with Crippen LogP contribution in [0.4, 0.5) is 0 Å². The highest BCUT2D eigenvalue weighted by molar-refractivity contribution is 7.99. The first kappa shape index (κ1) is 21.8. The number of halogens is 2. The predicted octanol–water partition coefficient (Wildman–Crippen LogP) is 2.76. The van der Waals surface area contributed by atoms with Crippen LogP contribution in [-0.2, 0) is 10.5 Å². The van der Waals surface area contributed by atoms with Crippen LogP contribution in [0.5, 0.6) is 0 Å². The molecule has 3 heterocycles. The van der Waals surface area contributed by atoms with Crippen molar-refractivity contribution in [1.82, 2.24) is 20.0 Å². The number of pyridine rings is 1. The first-order valence-corrected chi connectivity index (χ1v) is 9.03. The molecule has 0 aliphatic carbocycles. The lowest BCUT2D eigenvalue weighted by molar-refractivity contribution is -0.118. The average molecular weight is 403 g/mol. The van der Waals surface area contributed by atoms with Crippen LogP contribution in [0.15, 0.2) is 36.2 Å². The first-order valence-electron chi connectivity index (χ1n) is 7.88. The van der Waals surface area contributed by atoms with Crippen LogP contribution in [0.3, 0.4) is 0 Å². The maximum Gasteiger partial charge on any atom is 0.230 e. The van der Waals surface area contributed by atoms with E-state index >= 15 is 0 Å². The highest BCUT2D eigenvalue weighted by Gasteiger charge is 2.07. The molecule has 3 rings (SSSR count). The average Bonchev–Trinajstić information content (AvgIpc) is 2.95. The maximum atomic E-state index is 11.9. The van der Waals surface area contributed by atoms with Gasteiger partial charge in [0.15, 0.2) is 0 Å². The molecule has 0 radical (unpaired) electrons. The zero-order valence-corrected chi connectivity index (χ0v) is 16.6. The summed E-state index contributed by atoms with van der Waals surface area (Å²) >= 11 is 1.60. The van der Waals surface area contributed by atoms with Crippen LogP contribution in [0.25, 0.3) is 5.65 Å². The molecule has 0 unspecified atom stereocenters. The van der Waals surface area contributed by atoms with Crippen molar-refractivity contribution in [2.45, 2.75) is 19.1 Å². The van der Waals surface area contributed by atoms with Crippen molar-refractivity contribution in [3.63, 3.8) is 0 Å². The van der Waals surface area contributed by atoms with Crippen molar-refractivity contribution in [2.24, 2.45) is 0 Å². The Kier molecular flexibility index (Phi) is 9.35. The summed E-state index contributed by atoms with van der Waals surface area (Å²) < 4.78 is 2.04. The molecule has 138 valence electrons. The van der Waals surface area contributed by atoms with E-state index in [0.29, 0.717) is 12.3 Å². The molecule has 0 bridgehead atoms. The number of fused-ring (bicyclic) bond motifs is 1. The zero-order valence-electron chi connectivity index (χ0n) is 14.2. The second-order valence-corrected chi connectivity index (χ2v) is 6.78. The van der Waals surface area contributed by atoms with Crippen molar-refractivity contribution >= 4 is 48.1 Å². The van der Waals surface area contributed by atoms with E-state index in [4.69, 9.17) is 0 Å². The fourth-order valence-corrected chi connectivity index (χ4v) is 3.30. The Morgan fingerprint density at radius 3 is 2.96 bits per heavy atom. The highest BCUT2D eigenvalue weighted by Crippen LogP contribution is 2.13. The summed E-state index contributed by atoms with van der Waals surface area (Å²) in [7, 11) is 0. The third-order valence-corrected chi connectivity index (χ3v) is 4.77. The monoisotopic (exact) mass is 402 g/mol. The third kappa shape index (κ3) is 6.55. The molecule has 8 heteroatoms. The molecule has 0 atom stereocenters. The molecule has 0 spiro atoms. The molecule has 2 aromatic rings. The van der Waals surface area contributed by atoms with Gasteiger partial charge in [0, 0.05) is 31.2 Å². The van der Waals surface area contributed by atoms with Gasteiger partial charge in [-0.05, 0) is 31.5 Å².